The molecule has 0 aromatic heterocycles. The van der Waals surface area contributed by atoms with Gasteiger partial charge in [-0.1, -0.05) is 12.1 Å². The van der Waals surface area contributed by atoms with E-state index in [1.807, 2.05) is 0 Å². The fraction of sp³-hybridized carbons (Fsp3) is 0. The number of fused-ring (bicyclic) bond motifs is 1. The van der Waals surface area contributed by atoms with Gasteiger partial charge in [-0.2, -0.15) is 25.3 Å². The van der Waals surface area contributed by atoms with E-state index in [2.05, 4.69) is 0 Å². The van der Waals surface area contributed by atoms with Gasteiger partial charge in [0.15, 0.2) is 0 Å². The Morgan fingerprint density at radius 1 is 0.640 bits per heavy atom. The summed E-state index contributed by atoms with van der Waals surface area (Å²) in [6.07, 6.45) is 0. The molecule has 0 saturated heterocycles. The summed E-state index contributed by atoms with van der Waals surface area (Å²) in [5.74, 6) is 0. The second kappa shape index (κ2) is 9.76. The van der Waals surface area contributed by atoms with Crippen molar-refractivity contribution in [2.75, 3.05) is 0 Å². The fourth-order valence-electron chi connectivity index (χ4n) is 1.89. The van der Waals surface area contributed by atoms with E-state index in [9.17, 15) is 25.3 Å². The molecule has 0 unspecified atom stereocenters. The van der Waals surface area contributed by atoms with Gasteiger partial charge in [0.25, 0.3) is 30.4 Å². The molecule has 0 saturated carbocycles. The molecule has 15 heteroatoms. The van der Waals surface area contributed by atoms with Crippen LogP contribution in [0, 0.1) is 0 Å². The second-order valence-corrected chi connectivity index (χ2v) is 8.40. The largest absolute Gasteiger partial charge is 1.00 e. The molecule has 0 aliphatic rings. The molecule has 0 heterocycles. The van der Waals surface area contributed by atoms with Gasteiger partial charge in [-0.15, -0.1) is 0 Å². The molecule has 126 valence electrons. The number of hydrogen-bond donors (Lipinski definition) is 3. The van der Waals surface area contributed by atoms with Gasteiger partial charge in [0, 0.05) is 10.8 Å². The second-order valence-electron chi connectivity index (χ2n) is 4.20. The van der Waals surface area contributed by atoms with Crippen LogP contribution in [0.25, 0.3) is 10.8 Å². The molecule has 2 aromatic rings. The Morgan fingerprint density at radius 3 is 1.52 bits per heavy atom. The summed E-state index contributed by atoms with van der Waals surface area (Å²) in [6, 6.07) is 4.23. The molecule has 25 heavy (non-hydrogen) atoms. The first-order valence-corrected chi connectivity index (χ1v) is 9.63. The van der Waals surface area contributed by atoms with Gasteiger partial charge in [0.1, 0.15) is 9.79 Å². The molecule has 0 bridgehead atoms. The molecule has 0 radical (unpaired) electrons. The number of rotatable bonds is 3. The van der Waals surface area contributed by atoms with Gasteiger partial charge in [-0.05, 0) is 18.2 Å². The maximum atomic E-state index is 11.4. The number of hydrogen-bond acceptors (Lipinski definition) is 6. The van der Waals surface area contributed by atoms with Gasteiger partial charge in [0.05, 0.1) is 4.90 Å². The molecule has 9 nitrogen and oxygen atoms in total. The zero-order valence-electron chi connectivity index (χ0n) is 16.4. The summed E-state index contributed by atoms with van der Waals surface area (Å²) in [7, 11) is -14.6. The summed E-state index contributed by atoms with van der Waals surface area (Å²) >= 11 is 0. The van der Waals surface area contributed by atoms with E-state index in [0.29, 0.717) is 12.1 Å². The van der Waals surface area contributed by atoms with Crippen LogP contribution in [-0.2, 0) is 30.4 Å². The van der Waals surface area contributed by atoms with Gasteiger partial charge >= 0.3 is 88.7 Å². The van der Waals surface area contributed by atoms with E-state index < -0.39 is 50.4 Å². The zero-order chi connectivity index (χ0) is 16.9. The maximum Gasteiger partial charge on any atom is 1.00 e. The zero-order valence-corrected chi connectivity index (χ0v) is 21.9. The van der Waals surface area contributed by atoms with Gasteiger partial charge in [-0.3, -0.25) is 13.7 Å². The molecule has 0 atom stereocenters. The number of benzene rings is 2. The summed E-state index contributed by atoms with van der Waals surface area (Å²) in [5.41, 5.74) is 0. The van der Waals surface area contributed by atoms with Crippen LogP contribution >= 0.6 is 0 Å². The predicted molar refractivity (Wildman–Crippen MR) is 76.7 cm³/mol. The van der Waals surface area contributed by atoms with Crippen molar-refractivity contribution in [3.05, 3.63) is 30.3 Å². The molecule has 2 rings (SSSR count). The molecule has 2 aromatic carbocycles. The van der Waals surface area contributed by atoms with Crippen LogP contribution in [0.15, 0.2) is 45.0 Å². The molecule has 0 aliphatic carbocycles. The smallest absolute Gasteiger partial charge is 1.00 e. The topological polar surface area (TPSA) is 163 Å². The first kappa shape index (κ1) is 28.6. The quantitative estimate of drug-likeness (QED) is 0.311. The van der Waals surface area contributed by atoms with Crippen LogP contribution < -0.4 is 88.7 Å². The standard InChI is InChI=1S/C10H8O9S3.3Na.3H/c11-20(12,13)6-4-8-7(10(5-6)22(17,18)19)2-1-3-9(8)21(14,15)16;;;;;;/h1-5H,(H,11,12,13)(H,14,15,16)(H,17,18,19);;;;;;/q;3*+1;3*-1. The van der Waals surface area contributed by atoms with E-state index in [1.54, 1.807) is 0 Å². The molecular weight excluding hydrogens is 429 g/mol. The third-order valence-corrected chi connectivity index (χ3v) is 5.38. The van der Waals surface area contributed by atoms with Crippen molar-refractivity contribution in [2.45, 2.75) is 14.7 Å². The van der Waals surface area contributed by atoms with Crippen LogP contribution in [-0.4, -0.2) is 38.9 Å². The maximum absolute atomic E-state index is 11.4. The van der Waals surface area contributed by atoms with Crippen molar-refractivity contribution in [1.29, 1.82) is 0 Å². The summed E-state index contributed by atoms with van der Waals surface area (Å²) < 4.78 is 95.0. The Labute approximate surface area is 215 Å². The SMILES string of the molecule is O=S(=O)(O)c1cc(S(=O)(=O)O)c2cccc(S(=O)(=O)O)c2c1.[H-].[H-].[H-].[Na+].[Na+].[Na+]. The third-order valence-electron chi connectivity index (χ3n) is 2.75. The Bertz CT molecular complexity index is 1110. The third kappa shape index (κ3) is 6.76. The van der Waals surface area contributed by atoms with E-state index in [4.69, 9.17) is 13.7 Å². The summed E-state index contributed by atoms with van der Waals surface area (Å²) in [6.45, 7) is 0. The van der Waals surface area contributed by atoms with Crippen molar-refractivity contribution in [2.24, 2.45) is 0 Å². The van der Waals surface area contributed by atoms with Gasteiger partial charge in [-0.25, -0.2) is 0 Å². The van der Waals surface area contributed by atoms with Crippen molar-refractivity contribution >= 4 is 41.1 Å². The Balaban J connectivity index is -0.000000294. The monoisotopic (exact) mass is 440 g/mol. The Morgan fingerprint density at radius 2 is 1.12 bits per heavy atom. The average Bonchev–Trinajstić information content (AvgIpc) is 2.33. The van der Waals surface area contributed by atoms with Crippen LogP contribution in [0.1, 0.15) is 4.28 Å². The van der Waals surface area contributed by atoms with E-state index in [-0.39, 0.29) is 98.3 Å². The molecule has 0 aliphatic heterocycles. The van der Waals surface area contributed by atoms with Gasteiger partial charge < -0.3 is 4.28 Å². The van der Waals surface area contributed by atoms with E-state index in [0.717, 1.165) is 18.2 Å². The van der Waals surface area contributed by atoms with Crippen LogP contribution in [0.5, 0.6) is 0 Å². The van der Waals surface area contributed by atoms with Gasteiger partial charge in [0.2, 0.25) is 0 Å². The molecule has 0 fully saturated rings. The van der Waals surface area contributed by atoms with E-state index >= 15 is 0 Å². The van der Waals surface area contributed by atoms with Crippen LogP contribution in [0.4, 0.5) is 0 Å². The molecule has 0 amide bonds. The van der Waals surface area contributed by atoms with Crippen molar-refractivity contribution in [3.63, 3.8) is 0 Å². The van der Waals surface area contributed by atoms with E-state index in [1.165, 1.54) is 0 Å². The normalized spacial score (nSPS) is 11.8. The minimum atomic E-state index is -4.93. The Kier molecular flexibility index (Phi) is 11.2. The predicted octanol–water partition coefficient (Wildman–Crippen LogP) is -8.07. The minimum absolute atomic E-state index is 0. The summed E-state index contributed by atoms with van der Waals surface area (Å²) in [4.78, 5) is -2.66. The van der Waals surface area contributed by atoms with Crippen molar-refractivity contribution in [3.8, 4) is 0 Å². The average molecular weight is 440 g/mol. The first-order valence-electron chi connectivity index (χ1n) is 5.31. The molecule has 3 N–H and O–H groups in total. The Hall–Kier alpha value is 1.43. The fourth-order valence-corrected chi connectivity index (χ4v) is 3.92. The summed E-state index contributed by atoms with van der Waals surface area (Å²) in [5, 5.41) is -0.835. The molecular formula is C10H11Na3O9S3. The first-order chi connectivity index (χ1) is 9.82. The van der Waals surface area contributed by atoms with Crippen LogP contribution in [0.3, 0.4) is 0 Å². The minimum Gasteiger partial charge on any atom is -1.00 e. The van der Waals surface area contributed by atoms with Crippen molar-refractivity contribution < 1.29 is 132 Å². The molecule has 0 spiro atoms. The van der Waals surface area contributed by atoms with Crippen LogP contribution in [0.2, 0.25) is 0 Å². The van der Waals surface area contributed by atoms with Crippen molar-refractivity contribution in [1.82, 2.24) is 0 Å².